The predicted octanol–water partition coefficient (Wildman–Crippen LogP) is 1.64. The zero-order valence-corrected chi connectivity index (χ0v) is 11.6. The van der Waals surface area contributed by atoms with Crippen LogP contribution in [0, 0.1) is 12.8 Å². The SMILES string of the molecule is Cc1ccccc1NC(=O)CN1CCC(C)C(O)C1. The molecule has 104 valence electrons. The van der Waals surface area contributed by atoms with E-state index in [9.17, 15) is 9.90 Å². The molecule has 2 atom stereocenters. The van der Waals surface area contributed by atoms with Gasteiger partial charge in [-0.3, -0.25) is 9.69 Å². The van der Waals surface area contributed by atoms with Crippen LogP contribution in [0.4, 0.5) is 5.69 Å². The van der Waals surface area contributed by atoms with E-state index in [0.717, 1.165) is 24.2 Å². The Morgan fingerprint density at radius 2 is 2.21 bits per heavy atom. The first-order valence-corrected chi connectivity index (χ1v) is 6.82. The van der Waals surface area contributed by atoms with E-state index in [4.69, 9.17) is 0 Å². The molecule has 1 fully saturated rings. The van der Waals surface area contributed by atoms with Crippen molar-refractivity contribution >= 4 is 11.6 Å². The molecule has 0 aromatic heterocycles. The Bertz CT molecular complexity index is 448. The lowest BCUT2D eigenvalue weighted by atomic mass is 9.96. The van der Waals surface area contributed by atoms with Crippen LogP contribution in [0.25, 0.3) is 0 Å². The molecule has 1 aliphatic heterocycles. The first-order chi connectivity index (χ1) is 9.06. The van der Waals surface area contributed by atoms with Gasteiger partial charge in [0.15, 0.2) is 0 Å². The van der Waals surface area contributed by atoms with Gasteiger partial charge in [-0.25, -0.2) is 0 Å². The van der Waals surface area contributed by atoms with Crippen LogP contribution in [0.5, 0.6) is 0 Å². The molecular weight excluding hydrogens is 240 g/mol. The third-order valence-corrected chi connectivity index (χ3v) is 3.79. The molecule has 2 unspecified atom stereocenters. The summed E-state index contributed by atoms with van der Waals surface area (Å²) in [5.41, 5.74) is 1.92. The van der Waals surface area contributed by atoms with E-state index in [-0.39, 0.29) is 12.0 Å². The molecule has 0 bridgehead atoms. The molecule has 1 aliphatic rings. The maximum Gasteiger partial charge on any atom is 0.238 e. The summed E-state index contributed by atoms with van der Waals surface area (Å²) in [6.07, 6.45) is 0.624. The third kappa shape index (κ3) is 3.78. The van der Waals surface area contributed by atoms with Gasteiger partial charge < -0.3 is 10.4 Å². The fourth-order valence-corrected chi connectivity index (χ4v) is 2.36. The second-order valence-corrected chi connectivity index (χ2v) is 5.43. The normalized spacial score (nSPS) is 24.2. The first-order valence-electron chi connectivity index (χ1n) is 6.82. The van der Waals surface area contributed by atoms with E-state index >= 15 is 0 Å². The molecule has 1 amide bonds. The van der Waals surface area contributed by atoms with Crippen LogP contribution in [0.2, 0.25) is 0 Å². The van der Waals surface area contributed by atoms with E-state index in [1.54, 1.807) is 0 Å². The summed E-state index contributed by atoms with van der Waals surface area (Å²) in [5.74, 6) is 0.312. The van der Waals surface area contributed by atoms with Gasteiger partial charge in [0.05, 0.1) is 12.6 Å². The Morgan fingerprint density at radius 1 is 1.47 bits per heavy atom. The number of carbonyl (C=O) groups excluding carboxylic acids is 1. The summed E-state index contributed by atoms with van der Waals surface area (Å²) in [6.45, 7) is 5.83. The molecule has 0 spiro atoms. The zero-order chi connectivity index (χ0) is 13.8. The van der Waals surface area contributed by atoms with E-state index in [1.165, 1.54) is 0 Å². The molecule has 4 heteroatoms. The number of rotatable bonds is 3. The number of nitrogens with zero attached hydrogens (tertiary/aromatic N) is 1. The standard InChI is InChI=1S/C15H22N2O2/c1-11-5-3-4-6-13(11)16-15(19)10-17-8-7-12(2)14(18)9-17/h3-6,12,14,18H,7-10H2,1-2H3,(H,16,19). The van der Waals surface area contributed by atoms with Crippen molar-refractivity contribution < 1.29 is 9.90 Å². The topological polar surface area (TPSA) is 52.6 Å². The fourth-order valence-electron chi connectivity index (χ4n) is 2.36. The zero-order valence-electron chi connectivity index (χ0n) is 11.6. The lowest BCUT2D eigenvalue weighted by Gasteiger charge is -2.33. The Balaban J connectivity index is 1.87. The van der Waals surface area contributed by atoms with Gasteiger partial charge >= 0.3 is 0 Å². The number of likely N-dealkylation sites (tertiary alicyclic amines) is 1. The van der Waals surface area contributed by atoms with Crippen molar-refractivity contribution in [1.29, 1.82) is 0 Å². The van der Waals surface area contributed by atoms with Crippen LogP contribution in [0.1, 0.15) is 18.9 Å². The van der Waals surface area contributed by atoms with Crippen LogP contribution >= 0.6 is 0 Å². The fraction of sp³-hybridized carbons (Fsp3) is 0.533. The molecule has 1 aromatic carbocycles. The van der Waals surface area contributed by atoms with Gasteiger partial charge in [0.2, 0.25) is 5.91 Å². The molecule has 4 nitrogen and oxygen atoms in total. The number of para-hydroxylation sites is 1. The number of nitrogens with one attached hydrogen (secondary N) is 1. The predicted molar refractivity (Wildman–Crippen MR) is 76.0 cm³/mol. The van der Waals surface area contributed by atoms with Gasteiger partial charge in [-0.15, -0.1) is 0 Å². The minimum absolute atomic E-state index is 0.0175. The van der Waals surface area contributed by atoms with Gasteiger partial charge in [0.1, 0.15) is 0 Å². The molecule has 2 rings (SSSR count). The maximum absolute atomic E-state index is 12.0. The molecule has 0 aliphatic carbocycles. The molecule has 0 saturated carbocycles. The highest BCUT2D eigenvalue weighted by atomic mass is 16.3. The Morgan fingerprint density at radius 3 is 2.89 bits per heavy atom. The quantitative estimate of drug-likeness (QED) is 0.870. The summed E-state index contributed by atoms with van der Waals surface area (Å²) >= 11 is 0. The first kappa shape index (κ1) is 14.0. The number of carbonyl (C=O) groups is 1. The minimum atomic E-state index is -0.319. The Kier molecular flexibility index (Phi) is 4.56. The number of aliphatic hydroxyl groups is 1. The molecule has 19 heavy (non-hydrogen) atoms. The second-order valence-electron chi connectivity index (χ2n) is 5.43. The van der Waals surface area contributed by atoms with E-state index < -0.39 is 0 Å². The number of benzene rings is 1. The van der Waals surface area contributed by atoms with Crippen molar-refractivity contribution in [3.63, 3.8) is 0 Å². The maximum atomic E-state index is 12.0. The highest BCUT2D eigenvalue weighted by Gasteiger charge is 2.25. The molecular formula is C15H22N2O2. The number of hydrogen-bond acceptors (Lipinski definition) is 3. The number of amides is 1. The summed E-state index contributed by atoms with van der Waals surface area (Å²) in [7, 11) is 0. The average molecular weight is 262 g/mol. The van der Waals surface area contributed by atoms with Crippen molar-refractivity contribution in [1.82, 2.24) is 4.90 Å². The van der Waals surface area contributed by atoms with E-state index in [1.807, 2.05) is 36.1 Å². The van der Waals surface area contributed by atoms with Crippen LogP contribution in [-0.4, -0.2) is 41.7 Å². The lowest BCUT2D eigenvalue weighted by Crippen LogP contribution is -2.45. The van der Waals surface area contributed by atoms with E-state index in [2.05, 4.69) is 12.2 Å². The van der Waals surface area contributed by atoms with Crippen molar-refractivity contribution in [2.45, 2.75) is 26.4 Å². The van der Waals surface area contributed by atoms with Crippen molar-refractivity contribution in [3.8, 4) is 0 Å². The van der Waals surface area contributed by atoms with Crippen LogP contribution in [0.15, 0.2) is 24.3 Å². The Hall–Kier alpha value is -1.39. The molecule has 1 heterocycles. The lowest BCUT2D eigenvalue weighted by molar-refractivity contribution is -0.118. The van der Waals surface area contributed by atoms with Crippen LogP contribution < -0.4 is 5.32 Å². The minimum Gasteiger partial charge on any atom is -0.392 e. The van der Waals surface area contributed by atoms with Gasteiger partial charge in [-0.05, 0) is 37.4 Å². The summed E-state index contributed by atoms with van der Waals surface area (Å²) < 4.78 is 0. The number of piperidine rings is 1. The largest absolute Gasteiger partial charge is 0.392 e. The molecule has 0 radical (unpaired) electrons. The number of aliphatic hydroxyl groups excluding tert-OH is 1. The average Bonchev–Trinajstić information content (AvgIpc) is 2.37. The number of anilines is 1. The van der Waals surface area contributed by atoms with Crippen molar-refractivity contribution in [2.75, 3.05) is 25.0 Å². The van der Waals surface area contributed by atoms with E-state index in [0.29, 0.717) is 19.0 Å². The molecule has 2 N–H and O–H groups in total. The van der Waals surface area contributed by atoms with Crippen LogP contribution in [-0.2, 0) is 4.79 Å². The Labute approximate surface area is 114 Å². The van der Waals surface area contributed by atoms with Gasteiger partial charge in [-0.1, -0.05) is 25.1 Å². The van der Waals surface area contributed by atoms with Crippen molar-refractivity contribution in [2.24, 2.45) is 5.92 Å². The van der Waals surface area contributed by atoms with Gasteiger partial charge in [0, 0.05) is 12.2 Å². The number of hydrogen-bond donors (Lipinski definition) is 2. The van der Waals surface area contributed by atoms with Crippen LogP contribution in [0.3, 0.4) is 0 Å². The highest BCUT2D eigenvalue weighted by molar-refractivity contribution is 5.92. The second kappa shape index (κ2) is 6.17. The highest BCUT2D eigenvalue weighted by Crippen LogP contribution is 2.17. The number of β-amino-alcohol motifs (C(OH)–C–C–N with tert-alkyl or cyclic N) is 1. The smallest absolute Gasteiger partial charge is 0.238 e. The monoisotopic (exact) mass is 262 g/mol. The van der Waals surface area contributed by atoms with Gasteiger partial charge in [0.25, 0.3) is 0 Å². The molecule has 1 aromatic rings. The third-order valence-electron chi connectivity index (χ3n) is 3.79. The molecule has 1 saturated heterocycles. The number of aryl methyl sites for hydroxylation is 1. The summed E-state index contributed by atoms with van der Waals surface area (Å²) in [4.78, 5) is 14.0. The van der Waals surface area contributed by atoms with Crippen molar-refractivity contribution in [3.05, 3.63) is 29.8 Å². The summed E-state index contributed by atoms with van der Waals surface area (Å²) in [6, 6.07) is 7.74. The van der Waals surface area contributed by atoms with Gasteiger partial charge in [-0.2, -0.15) is 0 Å². The summed E-state index contributed by atoms with van der Waals surface area (Å²) in [5, 5.41) is 12.7.